The highest BCUT2D eigenvalue weighted by Gasteiger charge is 2.10. The molecule has 0 aliphatic heterocycles. The minimum absolute atomic E-state index is 0.0189. The molecule has 0 amide bonds. The molecule has 19 heavy (non-hydrogen) atoms. The Balaban J connectivity index is 0.000000861. The fraction of sp³-hybridized carbons (Fsp3) is 0. The van der Waals surface area contributed by atoms with Gasteiger partial charge in [-0.2, -0.15) is 0 Å². The zero-order chi connectivity index (χ0) is 14.3. The summed E-state index contributed by atoms with van der Waals surface area (Å²) in [5, 5.41) is 10.5. The molecule has 2 aromatic carbocycles. The molecule has 0 heterocycles. The van der Waals surface area contributed by atoms with Crippen molar-refractivity contribution >= 4 is 34.8 Å². The number of hydrogen-bond donors (Lipinski definition) is 2. The molecule has 0 fully saturated rings. The summed E-state index contributed by atoms with van der Waals surface area (Å²) in [6.45, 7) is 0. The van der Waals surface area contributed by atoms with Gasteiger partial charge in [0.1, 0.15) is 0 Å². The second-order valence-electron chi connectivity index (χ2n) is 3.50. The third-order valence-corrected chi connectivity index (χ3v) is 2.38. The number of rotatable bonds is 3. The van der Waals surface area contributed by atoms with Crippen LogP contribution in [0.25, 0.3) is 0 Å². The molecule has 0 aliphatic carbocycles. The third kappa shape index (κ3) is 4.11. The Bertz CT molecular complexity index is 556. The number of nitro benzene ring substituents is 1. The van der Waals surface area contributed by atoms with Crippen LogP contribution in [0.5, 0.6) is 0 Å². The second kappa shape index (κ2) is 7.60. The molecule has 0 radical (unpaired) electrons. The molecule has 0 unspecified atom stereocenters. The van der Waals surface area contributed by atoms with Gasteiger partial charge in [0.05, 0.1) is 4.92 Å². The predicted molar refractivity (Wildman–Crippen MR) is 80.9 cm³/mol. The van der Waals surface area contributed by atoms with Crippen LogP contribution in [0.3, 0.4) is 0 Å². The number of non-ortho nitro benzene ring substituents is 1. The van der Waals surface area contributed by atoms with Gasteiger partial charge in [-0.3, -0.25) is 14.9 Å². The Morgan fingerprint density at radius 2 is 1.37 bits per heavy atom. The molecule has 0 atom stereocenters. The standard InChI is InChI=1S/C13H9NO3.H2S2/c15-13(10-4-2-1-3-5-10)11-6-8-12(9-7-11)14(16)17;1-2/h1-9H;1-2H. The maximum Gasteiger partial charge on any atom is 0.269 e. The van der Waals surface area contributed by atoms with Crippen molar-refractivity contribution in [3.05, 3.63) is 75.8 Å². The maximum absolute atomic E-state index is 12.0. The maximum atomic E-state index is 12.0. The molecule has 2 aromatic rings. The quantitative estimate of drug-likeness (QED) is 0.299. The molecule has 0 saturated carbocycles. The lowest BCUT2D eigenvalue weighted by Gasteiger charge is -2.00. The van der Waals surface area contributed by atoms with Gasteiger partial charge in [-0.1, -0.05) is 30.3 Å². The average Bonchev–Trinajstić information content (AvgIpc) is 2.49. The third-order valence-electron chi connectivity index (χ3n) is 2.38. The van der Waals surface area contributed by atoms with Crippen molar-refractivity contribution < 1.29 is 9.72 Å². The van der Waals surface area contributed by atoms with Gasteiger partial charge in [0.15, 0.2) is 5.78 Å². The summed E-state index contributed by atoms with van der Waals surface area (Å²) in [7, 11) is 0. The predicted octanol–water partition coefficient (Wildman–Crippen LogP) is 3.59. The van der Waals surface area contributed by atoms with E-state index in [9.17, 15) is 14.9 Å². The number of ketones is 1. The van der Waals surface area contributed by atoms with Gasteiger partial charge in [0.2, 0.25) is 0 Å². The number of benzene rings is 2. The van der Waals surface area contributed by atoms with Crippen molar-refractivity contribution in [3.8, 4) is 0 Å². The zero-order valence-electron chi connectivity index (χ0n) is 9.76. The fourth-order valence-electron chi connectivity index (χ4n) is 1.49. The molecule has 0 N–H and O–H groups in total. The van der Waals surface area contributed by atoms with Gasteiger partial charge in [-0.05, 0) is 12.1 Å². The van der Waals surface area contributed by atoms with Crippen LogP contribution in [-0.4, -0.2) is 10.7 Å². The van der Waals surface area contributed by atoms with Gasteiger partial charge >= 0.3 is 0 Å². The highest BCUT2D eigenvalue weighted by atomic mass is 33.1. The first-order valence-electron chi connectivity index (χ1n) is 5.22. The van der Waals surface area contributed by atoms with Crippen LogP contribution in [0.2, 0.25) is 0 Å². The van der Waals surface area contributed by atoms with Crippen LogP contribution in [0.15, 0.2) is 54.6 Å². The largest absolute Gasteiger partial charge is 0.289 e. The zero-order valence-corrected chi connectivity index (χ0v) is 11.6. The van der Waals surface area contributed by atoms with Crippen molar-refractivity contribution in [3.63, 3.8) is 0 Å². The summed E-state index contributed by atoms with van der Waals surface area (Å²) < 4.78 is 0. The monoisotopic (exact) mass is 293 g/mol. The van der Waals surface area contributed by atoms with Crippen LogP contribution in [-0.2, 0) is 0 Å². The summed E-state index contributed by atoms with van der Waals surface area (Å²) in [5.41, 5.74) is 0.998. The normalized spacial score (nSPS) is 9.16. The molecule has 98 valence electrons. The smallest absolute Gasteiger partial charge is 0.269 e. The van der Waals surface area contributed by atoms with E-state index in [1.54, 1.807) is 24.3 Å². The van der Waals surface area contributed by atoms with Gasteiger partial charge in [-0.25, -0.2) is 0 Å². The molecule has 0 spiro atoms. The molecular formula is C13H11NO3S2. The van der Waals surface area contributed by atoms with Crippen LogP contribution in [0.1, 0.15) is 15.9 Å². The first kappa shape index (κ1) is 15.3. The van der Waals surface area contributed by atoms with Gasteiger partial charge < -0.3 is 0 Å². The average molecular weight is 293 g/mol. The van der Waals surface area contributed by atoms with Crippen molar-refractivity contribution in [2.45, 2.75) is 0 Å². The van der Waals surface area contributed by atoms with Gasteiger partial charge in [0, 0.05) is 23.3 Å². The molecule has 0 aromatic heterocycles. The summed E-state index contributed by atoms with van der Waals surface area (Å²) in [5.74, 6) is -0.138. The number of thiol groups is 2. The Labute approximate surface area is 120 Å². The van der Waals surface area contributed by atoms with Crippen LogP contribution < -0.4 is 0 Å². The van der Waals surface area contributed by atoms with E-state index in [-0.39, 0.29) is 11.5 Å². The minimum atomic E-state index is -0.489. The summed E-state index contributed by atoms with van der Waals surface area (Å²) in [6.07, 6.45) is 0. The van der Waals surface area contributed by atoms with Crippen molar-refractivity contribution in [2.24, 2.45) is 0 Å². The SMILES string of the molecule is O=C(c1ccccc1)c1ccc([N+](=O)[O-])cc1.SS. The lowest BCUT2D eigenvalue weighted by molar-refractivity contribution is -0.384. The van der Waals surface area contributed by atoms with Crippen molar-refractivity contribution in [1.29, 1.82) is 0 Å². The second-order valence-corrected chi connectivity index (χ2v) is 3.50. The van der Waals surface area contributed by atoms with Gasteiger partial charge in [0.25, 0.3) is 5.69 Å². The summed E-state index contributed by atoms with van der Waals surface area (Å²) in [6, 6.07) is 14.4. The molecule has 4 nitrogen and oxygen atoms in total. The van der Waals surface area contributed by atoms with E-state index in [1.807, 2.05) is 6.07 Å². The van der Waals surface area contributed by atoms with E-state index in [0.29, 0.717) is 11.1 Å². The van der Waals surface area contributed by atoms with E-state index in [1.165, 1.54) is 24.3 Å². The number of nitro groups is 1. The fourth-order valence-corrected chi connectivity index (χ4v) is 1.49. The number of nitrogens with zero attached hydrogens (tertiary/aromatic N) is 1. The molecule has 0 bridgehead atoms. The Kier molecular flexibility index (Phi) is 6.11. The Morgan fingerprint density at radius 3 is 1.84 bits per heavy atom. The van der Waals surface area contributed by atoms with E-state index in [0.717, 1.165) is 0 Å². The van der Waals surface area contributed by atoms with Crippen LogP contribution in [0, 0.1) is 10.1 Å². The highest BCUT2D eigenvalue weighted by Crippen LogP contribution is 2.15. The molecular weight excluding hydrogens is 282 g/mol. The van der Waals surface area contributed by atoms with E-state index < -0.39 is 4.92 Å². The Morgan fingerprint density at radius 1 is 0.895 bits per heavy atom. The lowest BCUT2D eigenvalue weighted by Crippen LogP contribution is -2.00. The molecule has 0 saturated heterocycles. The minimum Gasteiger partial charge on any atom is -0.289 e. The summed E-state index contributed by atoms with van der Waals surface area (Å²) >= 11 is 6.44. The van der Waals surface area contributed by atoms with E-state index >= 15 is 0 Å². The van der Waals surface area contributed by atoms with E-state index in [4.69, 9.17) is 0 Å². The lowest BCUT2D eigenvalue weighted by atomic mass is 10.0. The van der Waals surface area contributed by atoms with E-state index in [2.05, 4.69) is 23.3 Å². The molecule has 6 heteroatoms. The first-order valence-corrected chi connectivity index (χ1v) is 6.82. The van der Waals surface area contributed by atoms with Crippen LogP contribution >= 0.6 is 23.3 Å². The van der Waals surface area contributed by atoms with Gasteiger partial charge in [-0.15, -0.1) is 23.3 Å². The van der Waals surface area contributed by atoms with Crippen molar-refractivity contribution in [1.82, 2.24) is 0 Å². The van der Waals surface area contributed by atoms with Crippen LogP contribution in [0.4, 0.5) is 5.69 Å². The molecule has 2 rings (SSSR count). The molecule has 0 aliphatic rings. The number of carbonyl (C=O) groups is 1. The topological polar surface area (TPSA) is 60.2 Å². The summed E-state index contributed by atoms with van der Waals surface area (Å²) in [4.78, 5) is 21.9. The Hall–Kier alpha value is -1.79. The number of carbonyl (C=O) groups excluding carboxylic acids is 1. The first-order chi connectivity index (χ1) is 9.18. The number of hydrogen-bond acceptors (Lipinski definition) is 5. The van der Waals surface area contributed by atoms with Crippen molar-refractivity contribution in [2.75, 3.05) is 0 Å². The highest BCUT2D eigenvalue weighted by molar-refractivity contribution is 8.59.